The molecule has 0 atom stereocenters. The molecule has 2 aliphatic rings. The van der Waals surface area contributed by atoms with Crippen LogP contribution in [0, 0.1) is 5.92 Å². The van der Waals surface area contributed by atoms with E-state index in [2.05, 4.69) is 9.88 Å². The average Bonchev–Trinajstić information content (AvgIpc) is 2.79. The van der Waals surface area contributed by atoms with Crippen molar-refractivity contribution in [1.29, 1.82) is 0 Å². The first-order chi connectivity index (χ1) is 15.3. The van der Waals surface area contributed by atoms with E-state index in [0.717, 1.165) is 38.0 Å². The summed E-state index contributed by atoms with van der Waals surface area (Å²) in [4.78, 5) is 21.3. The van der Waals surface area contributed by atoms with Crippen LogP contribution in [0.1, 0.15) is 18.4 Å². The van der Waals surface area contributed by atoms with E-state index in [4.69, 9.17) is 17.3 Å². The van der Waals surface area contributed by atoms with Crippen LogP contribution in [0.2, 0.25) is 5.02 Å². The van der Waals surface area contributed by atoms with Crippen molar-refractivity contribution in [2.75, 3.05) is 45.0 Å². The van der Waals surface area contributed by atoms with E-state index < -0.39 is 10.0 Å². The maximum absolute atomic E-state index is 13.0. The SMILES string of the molecule is Nc1cc(CN2CCC(C(=O)N3CCN(S(=O)(=O)c4ccccc4Cl)CC3)CC2)ccn1. The van der Waals surface area contributed by atoms with Crippen LogP contribution in [0.15, 0.2) is 47.5 Å². The molecule has 0 unspecified atom stereocenters. The number of piperidine rings is 1. The number of aromatic nitrogens is 1. The summed E-state index contributed by atoms with van der Waals surface area (Å²) >= 11 is 6.10. The van der Waals surface area contributed by atoms with Crippen molar-refractivity contribution in [3.05, 3.63) is 53.2 Å². The number of piperazine rings is 1. The first-order valence-electron chi connectivity index (χ1n) is 10.8. The molecule has 0 radical (unpaired) electrons. The van der Waals surface area contributed by atoms with Crippen molar-refractivity contribution < 1.29 is 13.2 Å². The molecule has 1 aromatic carbocycles. The molecule has 1 aromatic heterocycles. The van der Waals surface area contributed by atoms with E-state index in [1.54, 1.807) is 24.4 Å². The van der Waals surface area contributed by atoms with Crippen molar-refractivity contribution in [2.45, 2.75) is 24.3 Å². The van der Waals surface area contributed by atoms with Gasteiger partial charge in [0.25, 0.3) is 0 Å². The third kappa shape index (κ3) is 5.06. The third-order valence-electron chi connectivity index (χ3n) is 6.19. The molecule has 1 amide bonds. The molecule has 0 spiro atoms. The zero-order valence-electron chi connectivity index (χ0n) is 17.9. The highest BCUT2D eigenvalue weighted by atomic mass is 35.5. The number of nitrogen functional groups attached to an aromatic ring is 1. The summed E-state index contributed by atoms with van der Waals surface area (Å²) in [7, 11) is -3.66. The van der Waals surface area contributed by atoms with Gasteiger partial charge in [-0.3, -0.25) is 9.69 Å². The number of hydrogen-bond acceptors (Lipinski definition) is 6. The number of carbonyl (C=O) groups is 1. The molecule has 2 aliphatic heterocycles. The van der Waals surface area contributed by atoms with Crippen LogP contribution in [0.25, 0.3) is 0 Å². The molecular formula is C22H28ClN5O3S. The highest BCUT2D eigenvalue weighted by Crippen LogP contribution is 2.26. The van der Waals surface area contributed by atoms with Crippen molar-refractivity contribution >= 4 is 33.3 Å². The molecule has 2 N–H and O–H groups in total. The van der Waals surface area contributed by atoms with Gasteiger partial charge < -0.3 is 10.6 Å². The molecule has 0 bridgehead atoms. The zero-order chi connectivity index (χ0) is 22.7. The molecule has 2 saturated heterocycles. The largest absolute Gasteiger partial charge is 0.384 e. The topological polar surface area (TPSA) is 99.8 Å². The summed E-state index contributed by atoms with van der Waals surface area (Å²) in [6.07, 6.45) is 3.32. The lowest BCUT2D eigenvalue weighted by Crippen LogP contribution is -2.52. The second-order valence-corrected chi connectivity index (χ2v) is 10.6. The summed E-state index contributed by atoms with van der Waals surface area (Å²) in [5.74, 6) is 0.635. The molecule has 172 valence electrons. The quantitative estimate of drug-likeness (QED) is 0.707. The number of hydrogen-bond donors (Lipinski definition) is 1. The van der Waals surface area contributed by atoms with Crippen molar-refractivity contribution in [3.63, 3.8) is 0 Å². The Balaban J connectivity index is 1.28. The van der Waals surface area contributed by atoms with E-state index >= 15 is 0 Å². The van der Waals surface area contributed by atoms with Gasteiger partial charge in [-0.2, -0.15) is 4.31 Å². The van der Waals surface area contributed by atoms with Gasteiger partial charge in [0.2, 0.25) is 15.9 Å². The Labute approximate surface area is 194 Å². The number of carbonyl (C=O) groups excluding carboxylic acids is 1. The van der Waals surface area contributed by atoms with Crippen LogP contribution in [-0.2, 0) is 21.4 Å². The summed E-state index contributed by atoms with van der Waals surface area (Å²) in [5, 5.41) is 0.215. The number of nitrogens with zero attached hydrogens (tertiary/aromatic N) is 4. The lowest BCUT2D eigenvalue weighted by molar-refractivity contribution is -0.138. The summed E-state index contributed by atoms with van der Waals surface area (Å²) in [5.41, 5.74) is 6.88. The highest BCUT2D eigenvalue weighted by Gasteiger charge is 2.34. The van der Waals surface area contributed by atoms with Gasteiger partial charge in [-0.1, -0.05) is 23.7 Å². The van der Waals surface area contributed by atoms with Crippen molar-refractivity contribution in [2.24, 2.45) is 5.92 Å². The molecule has 2 fully saturated rings. The van der Waals surface area contributed by atoms with Crippen LogP contribution in [0.5, 0.6) is 0 Å². The number of anilines is 1. The maximum atomic E-state index is 13.0. The normalized spacial score (nSPS) is 19.2. The number of sulfonamides is 1. The Morgan fingerprint density at radius 3 is 2.41 bits per heavy atom. The number of benzene rings is 1. The van der Waals surface area contributed by atoms with Crippen LogP contribution in [0.3, 0.4) is 0 Å². The Morgan fingerprint density at radius 2 is 1.75 bits per heavy atom. The van der Waals surface area contributed by atoms with Gasteiger partial charge in [0, 0.05) is 44.8 Å². The Kier molecular flexibility index (Phi) is 6.99. The second kappa shape index (κ2) is 9.74. The number of rotatable bonds is 5. The number of amides is 1. The molecular weight excluding hydrogens is 450 g/mol. The van der Waals surface area contributed by atoms with E-state index in [-0.39, 0.29) is 34.8 Å². The minimum absolute atomic E-state index is 0.0134. The molecule has 2 aromatic rings. The fraction of sp³-hybridized carbons (Fsp3) is 0.455. The van der Waals surface area contributed by atoms with Gasteiger partial charge in [-0.15, -0.1) is 0 Å². The number of likely N-dealkylation sites (tertiary alicyclic amines) is 1. The lowest BCUT2D eigenvalue weighted by Gasteiger charge is -2.38. The summed E-state index contributed by atoms with van der Waals surface area (Å²) < 4.78 is 27.2. The second-order valence-electron chi connectivity index (χ2n) is 8.30. The van der Waals surface area contributed by atoms with Gasteiger partial charge in [-0.05, 0) is 55.8 Å². The van der Waals surface area contributed by atoms with Crippen LogP contribution in [-0.4, -0.2) is 72.7 Å². The minimum atomic E-state index is -3.66. The third-order valence-corrected chi connectivity index (χ3v) is 8.59. The number of nitrogens with two attached hydrogens (primary N) is 1. The molecule has 32 heavy (non-hydrogen) atoms. The standard InChI is InChI=1S/C22H28ClN5O3S/c23-19-3-1-2-4-20(19)32(30,31)28-13-11-27(12-14-28)22(29)18-6-9-26(10-7-18)16-17-5-8-25-21(24)15-17/h1-5,8,15,18H,6-7,9-14,16H2,(H2,24,25). The molecule has 3 heterocycles. The summed E-state index contributed by atoms with van der Waals surface area (Å²) in [6, 6.07) is 10.3. The van der Waals surface area contributed by atoms with E-state index in [0.29, 0.717) is 18.9 Å². The van der Waals surface area contributed by atoms with Gasteiger partial charge in [-0.25, -0.2) is 13.4 Å². The fourth-order valence-electron chi connectivity index (χ4n) is 4.39. The van der Waals surface area contributed by atoms with Crippen molar-refractivity contribution in [3.8, 4) is 0 Å². The van der Waals surface area contributed by atoms with E-state index in [1.807, 2.05) is 17.0 Å². The minimum Gasteiger partial charge on any atom is -0.384 e. The van der Waals surface area contributed by atoms with E-state index in [9.17, 15) is 13.2 Å². The summed E-state index contributed by atoms with van der Waals surface area (Å²) in [6.45, 7) is 3.85. The van der Waals surface area contributed by atoms with Gasteiger partial charge in [0.1, 0.15) is 10.7 Å². The molecule has 8 nitrogen and oxygen atoms in total. The first kappa shape index (κ1) is 23.0. The van der Waals surface area contributed by atoms with Gasteiger partial charge in [0.05, 0.1) is 5.02 Å². The Hall–Kier alpha value is -2.20. The molecule has 0 saturated carbocycles. The monoisotopic (exact) mass is 477 g/mol. The van der Waals surface area contributed by atoms with E-state index in [1.165, 1.54) is 10.4 Å². The van der Waals surface area contributed by atoms with Gasteiger partial charge in [0.15, 0.2) is 0 Å². The molecule has 0 aliphatic carbocycles. The predicted molar refractivity (Wildman–Crippen MR) is 123 cm³/mol. The Morgan fingerprint density at radius 1 is 1.06 bits per heavy atom. The Bertz CT molecular complexity index is 1060. The smallest absolute Gasteiger partial charge is 0.244 e. The van der Waals surface area contributed by atoms with Crippen LogP contribution >= 0.6 is 11.6 Å². The maximum Gasteiger partial charge on any atom is 0.244 e. The molecule has 10 heteroatoms. The highest BCUT2D eigenvalue weighted by molar-refractivity contribution is 7.89. The zero-order valence-corrected chi connectivity index (χ0v) is 19.4. The average molecular weight is 478 g/mol. The lowest BCUT2D eigenvalue weighted by atomic mass is 9.94. The van der Waals surface area contributed by atoms with Crippen molar-refractivity contribution in [1.82, 2.24) is 19.1 Å². The molecule has 4 rings (SSSR count). The first-order valence-corrected chi connectivity index (χ1v) is 12.6. The predicted octanol–water partition coefficient (Wildman–Crippen LogP) is 2.06. The number of halogens is 1. The van der Waals surface area contributed by atoms with Crippen LogP contribution < -0.4 is 5.73 Å². The van der Waals surface area contributed by atoms with Crippen LogP contribution in [0.4, 0.5) is 5.82 Å². The number of pyridine rings is 1. The fourth-order valence-corrected chi connectivity index (χ4v) is 6.30. The van der Waals surface area contributed by atoms with Gasteiger partial charge >= 0.3 is 0 Å².